The van der Waals surface area contributed by atoms with Crippen LogP contribution >= 0.6 is 23.2 Å². The molecule has 52 heavy (non-hydrogen) atoms. The zero-order valence-corrected chi connectivity index (χ0v) is 30.2. The number of urea groups is 1. The summed E-state index contributed by atoms with van der Waals surface area (Å²) in [7, 11) is 0. The van der Waals surface area contributed by atoms with Crippen LogP contribution < -0.4 is 4.74 Å². The van der Waals surface area contributed by atoms with Gasteiger partial charge in [0.2, 0.25) is 5.91 Å². The molecular weight excluding hydrogens is 720 g/mol. The fraction of sp³-hybridized carbons (Fsp3) is 0.405. The lowest BCUT2D eigenvalue weighted by molar-refractivity contribution is -0.137. The Kier molecular flexibility index (Phi) is 11.4. The lowest BCUT2D eigenvalue weighted by atomic mass is 9.93. The van der Waals surface area contributed by atoms with Gasteiger partial charge in [-0.15, -0.1) is 0 Å². The number of ether oxygens (including phenoxy) is 1. The van der Waals surface area contributed by atoms with Crippen molar-refractivity contribution in [3.8, 4) is 5.75 Å². The first-order valence-corrected chi connectivity index (χ1v) is 17.9. The fourth-order valence-corrected chi connectivity index (χ4v) is 7.30. The van der Waals surface area contributed by atoms with E-state index in [1.54, 1.807) is 45.9 Å². The molecule has 3 heterocycles. The van der Waals surface area contributed by atoms with E-state index in [0.29, 0.717) is 54.9 Å². The van der Waals surface area contributed by atoms with Crippen molar-refractivity contribution in [3.05, 3.63) is 99.0 Å². The number of alkyl halides is 3. The summed E-state index contributed by atoms with van der Waals surface area (Å²) in [4.78, 5) is 53.2. The maximum Gasteiger partial charge on any atom is 0.416 e. The van der Waals surface area contributed by atoms with Crippen LogP contribution in [-0.2, 0) is 15.8 Å². The number of hydrogen-bond donors (Lipinski definition) is 0. The van der Waals surface area contributed by atoms with E-state index in [0.717, 1.165) is 24.0 Å². The minimum absolute atomic E-state index is 0.000806. The normalized spacial score (nSPS) is 20.8. The first kappa shape index (κ1) is 37.6. The molecule has 0 bridgehead atoms. The lowest BCUT2D eigenvalue weighted by Gasteiger charge is -2.45. The number of rotatable bonds is 8. The van der Waals surface area contributed by atoms with Crippen LogP contribution in [-0.4, -0.2) is 114 Å². The smallest absolute Gasteiger partial charge is 0.416 e. The SMILES string of the molecule is CCOc1cc(C(F)(F)F)ccc1C1=NC(c2ccc(Cl)cc2)C(c2ccc(Cl)cc2)N1C(=O)N1CCN(C(C=O)N2CCN(C(C)=O)CC2)CC1. The van der Waals surface area contributed by atoms with Crippen LogP contribution in [0.15, 0.2) is 71.7 Å². The summed E-state index contributed by atoms with van der Waals surface area (Å²) in [6.07, 6.45) is -4.22. The Morgan fingerprint density at radius 2 is 1.38 bits per heavy atom. The minimum Gasteiger partial charge on any atom is -0.493 e. The van der Waals surface area contributed by atoms with Crippen molar-refractivity contribution in [2.75, 3.05) is 59.0 Å². The monoisotopic (exact) mass is 758 g/mol. The molecule has 0 aromatic heterocycles. The summed E-state index contributed by atoms with van der Waals surface area (Å²) in [5.74, 6) is 0.113. The van der Waals surface area contributed by atoms with Crippen LogP contribution in [0.1, 0.15) is 48.2 Å². The average molecular weight is 760 g/mol. The number of aliphatic imine (C=N–C) groups is 1. The molecule has 0 N–H and O–H groups in total. The first-order valence-electron chi connectivity index (χ1n) is 17.1. The number of amides is 3. The van der Waals surface area contributed by atoms with Crippen LogP contribution in [0.3, 0.4) is 0 Å². The molecule has 0 spiro atoms. The molecule has 0 saturated carbocycles. The highest BCUT2D eigenvalue weighted by Crippen LogP contribution is 2.46. The second-order valence-corrected chi connectivity index (χ2v) is 13.7. The van der Waals surface area contributed by atoms with E-state index in [1.165, 1.54) is 13.0 Å². The van der Waals surface area contributed by atoms with Gasteiger partial charge in [-0.2, -0.15) is 13.2 Å². The van der Waals surface area contributed by atoms with Gasteiger partial charge in [-0.1, -0.05) is 47.5 Å². The van der Waals surface area contributed by atoms with Crippen LogP contribution in [0, 0.1) is 0 Å². The summed E-state index contributed by atoms with van der Waals surface area (Å²) < 4.78 is 47.3. The Morgan fingerprint density at radius 1 is 0.846 bits per heavy atom. The third-order valence-corrected chi connectivity index (χ3v) is 10.3. The minimum atomic E-state index is -4.62. The highest BCUT2D eigenvalue weighted by molar-refractivity contribution is 6.30. The summed E-state index contributed by atoms with van der Waals surface area (Å²) in [5.41, 5.74) is 0.808. The predicted octanol–water partition coefficient (Wildman–Crippen LogP) is 6.38. The zero-order valence-electron chi connectivity index (χ0n) is 28.7. The molecule has 10 nitrogen and oxygen atoms in total. The standard InChI is InChI=1S/C37H39Cl2F3N6O4/c1-3-52-31-22-27(37(40,41)42)8-13-30(31)35-43-33(25-4-9-28(38)10-5-25)34(26-6-11-29(39)12-7-26)48(35)36(51)47-20-18-46(19-21-47)32(23-49)45-16-14-44(15-17-45)24(2)50/h4-13,22-23,32-34H,3,14-21H2,1-2H3. The predicted molar refractivity (Wildman–Crippen MR) is 192 cm³/mol. The second kappa shape index (κ2) is 15.8. The van der Waals surface area contributed by atoms with Gasteiger partial charge < -0.3 is 19.3 Å². The van der Waals surface area contributed by atoms with Gasteiger partial charge in [-0.3, -0.25) is 24.5 Å². The van der Waals surface area contributed by atoms with Crippen LogP contribution in [0.4, 0.5) is 18.0 Å². The number of benzene rings is 3. The number of piperazine rings is 2. The van der Waals surface area contributed by atoms with E-state index in [2.05, 4.69) is 0 Å². The Bertz CT molecular complexity index is 1790. The van der Waals surface area contributed by atoms with Gasteiger partial charge in [0, 0.05) is 69.3 Å². The van der Waals surface area contributed by atoms with Crippen molar-refractivity contribution in [3.63, 3.8) is 0 Å². The van der Waals surface area contributed by atoms with E-state index < -0.39 is 36.0 Å². The average Bonchev–Trinajstić information content (AvgIpc) is 3.53. The largest absolute Gasteiger partial charge is 0.493 e. The van der Waals surface area contributed by atoms with Gasteiger partial charge in [0.1, 0.15) is 23.8 Å². The lowest BCUT2D eigenvalue weighted by Crippen LogP contribution is -2.62. The van der Waals surface area contributed by atoms with Crippen LogP contribution in [0.25, 0.3) is 0 Å². The Balaban J connectivity index is 1.36. The number of amidine groups is 1. The number of nitrogens with zero attached hydrogens (tertiary/aromatic N) is 6. The third kappa shape index (κ3) is 7.92. The van der Waals surface area contributed by atoms with Crippen LogP contribution in [0.2, 0.25) is 10.0 Å². The zero-order chi connectivity index (χ0) is 37.2. The second-order valence-electron chi connectivity index (χ2n) is 12.9. The van der Waals surface area contributed by atoms with Gasteiger partial charge in [0.05, 0.1) is 23.8 Å². The van der Waals surface area contributed by atoms with Crippen molar-refractivity contribution in [1.29, 1.82) is 0 Å². The highest BCUT2D eigenvalue weighted by atomic mass is 35.5. The number of carbonyl (C=O) groups is 3. The van der Waals surface area contributed by atoms with E-state index >= 15 is 0 Å². The first-order chi connectivity index (χ1) is 24.9. The molecular formula is C37H39Cl2F3N6O4. The number of hydrogen-bond acceptors (Lipinski definition) is 7. The summed E-state index contributed by atoms with van der Waals surface area (Å²) in [5, 5.41) is 1.00. The Hall–Kier alpha value is -4.17. The van der Waals surface area contributed by atoms with Gasteiger partial charge in [0.25, 0.3) is 0 Å². The molecule has 3 atom stereocenters. The number of carbonyl (C=O) groups excluding carboxylic acids is 3. The van der Waals surface area contributed by atoms with Crippen molar-refractivity contribution in [2.24, 2.45) is 4.99 Å². The molecule has 3 unspecified atom stereocenters. The molecule has 15 heteroatoms. The number of aldehydes is 1. The van der Waals surface area contributed by atoms with Crippen molar-refractivity contribution in [1.82, 2.24) is 24.5 Å². The molecule has 3 aromatic rings. The topological polar surface area (TPSA) is 89.0 Å². The molecule has 3 aliphatic heterocycles. The molecule has 6 rings (SSSR count). The molecule has 0 radical (unpaired) electrons. The molecule has 2 saturated heterocycles. The molecule has 3 aromatic carbocycles. The highest BCUT2D eigenvalue weighted by Gasteiger charge is 2.46. The van der Waals surface area contributed by atoms with Gasteiger partial charge in [-0.25, -0.2) is 4.79 Å². The van der Waals surface area contributed by atoms with Gasteiger partial charge in [-0.05, 0) is 60.5 Å². The fourth-order valence-electron chi connectivity index (χ4n) is 7.05. The van der Waals surface area contributed by atoms with Crippen molar-refractivity contribution in [2.45, 2.75) is 38.3 Å². The summed E-state index contributed by atoms with van der Waals surface area (Å²) in [6, 6.07) is 15.6. The molecule has 0 aliphatic carbocycles. The van der Waals surface area contributed by atoms with E-state index in [1.807, 2.05) is 34.1 Å². The van der Waals surface area contributed by atoms with E-state index in [4.69, 9.17) is 32.9 Å². The van der Waals surface area contributed by atoms with E-state index in [9.17, 15) is 27.6 Å². The molecule has 3 amide bonds. The van der Waals surface area contributed by atoms with Crippen molar-refractivity contribution < 1.29 is 32.3 Å². The molecule has 276 valence electrons. The van der Waals surface area contributed by atoms with E-state index in [-0.39, 0.29) is 42.8 Å². The van der Waals surface area contributed by atoms with Crippen LogP contribution in [0.5, 0.6) is 5.75 Å². The summed E-state index contributed by atoms with van der Waals surface area (Å²) >= 11 is 12.5. The number of halogens is 5. The molecule has 3 aliphatic rings. The maximum absolute atomic E-state index is 14.9. The quantitative estimate of drug-likeness (QED) is 0.248. The summed E-state index contributed by atoms with van der Waals surface area (Å²) in [6.45, 7) is 6.83. The van der Waals surface area contributed by atoms with Gasteiger partial charge in [0.15, 0.2) is 6.29 Å². The maximum atomic E-state index is 14.9. The Morgan fingerprint density at radius 3 is 1.88 bits per heavy atom. The molecule has 2 fully saturated rings. The van der Waals surface area contributed by atoms with Crippen molar-refractivity contribution >= 4 is 47.3 Å². The van der Waals surface area contributed by atoms with Gasteiger partial charge >= 0.3 is 12.2 Å². The third-order valence-electron chi connectivity index (χ3n) is 9.76. The Labute approximate surface area is 310 Å².